The van der Waals surface area contributed by atoms with E-state index in [1.807, 2.05) is 14.1 Å². The zero-order valence-electron chi connectivity index (χ0n) is 9.14. The first kappa shape index (κ1) is 11.2. The average Bonchev–Trinajstić information content (AvgIpc) is 2.21. The van der Waals surface area contributed by atoms with Gasteiger partial charge in [-0.15, -0.1) is 0 Å². The highest BCUT2D eigenvalue weighted by Gasteiger charge is 2.21. The van der Waals surface area contributed by atoms with E-state index in [2.05, 4.69) is 15.2 Å². The van der Waals surface area contributed by atoms with Crippen LogP contribution in [0.2, 0.25) is 0 Å². The number of nitrogens with one attached hydrogen (secondary N) is 2. The molecule has 13 heavy (non-hydrogen) atoms. The van der Waals surface area contributed by atoms with Crippen molar-refractivity contribution in [2.75, 3.05) is 14.1 Å². The lowest BCUT2D eigenvalue weighted by molar-refractivity contribution is 0.170. The Morgan fingerprint density at radius 2 is 1.69 bits per heavy atom. The van der Waals surface area contributed by atoms with Crippen molar-refractivity contribution >= 4 is 10.4 Å². The maximum Gasteiger partial charge on any atom is 0.107 e. The molecule has 1 saturated carbocycles. The third kappa shape index (κ3) is 3.05. The maximum atomic E-state index is 3.30. The molecule has 4 heteroatoms. The van der Waals surface area contributed by atoms with E-state index in [9.17, 15) is 0 Å². The Bertz CT molecular complexity index is 133. The lowest BCUT2D eigenvalue weighted by atomic mass is 9.95. The summed E-state index contributed by atoms with van der Waals surface area (Å²) in [6.45, 7) is 0. The molecule has 2 N–H and O–H groups in total. The van der Waals surface area contributed by atoms with E-state index in [4.69, 9.17) is 0 Å². The molecule has 0 aliphatic heterocycles. The van der Waals surface area contributed by atoms with Crippen LogP contribution >= 0.6 is 0 Å². The minimum atomic E-state index is 0.384. The standard InChI is InChI=1S/C9H23N3Si/c1-10-9(11-2)12(13)8-6-4-3-5-7-8/h8-11H,3-7H2,1-2,13H3. The van der Waals surface area contributed by atoms with Crippen molar-refractivity contribution in [1.82, 2.24) is 15.2 Å². The summed E-state index contributed by atoms with van der Waals surface area (Å²) >= 11 is 0. The molecule has 0 aromatic heterocycles. The van der Waals surface area contributed by atoms with E-state index < -0.39 is 0 Å². The Morgan fingerprint density at radius 3 is 2.15 bits per heavy atom. The molecule has 1 fully saturated rings. The van der Waals surface area contributed by atoms with Crippen LogP contribution in [0.4, 0.5) is 0 Å². The number of hydrogen-bond donors (Lipinski definition) is 2. The topological polar surface area (TPSA) is 27.3 Å². The van der Waals surface area contributed by atoms with Crippen LogP contribution in [-0.2, 0) is 0 Å². The second-order valence-electron chi connectivity index (χ2n) is 3.94. The minimum Gasteiger partial charge on any atom is -0.304 e. The number of nitrogens with zero attached hydrogens (tertiary/aromatic N) is 1. The van der Waals surface area contributed by atoms with Crippen LogP contribution in [0.5, 0.6) is 0 Å². The lowest BCUT2D eigenvalue weighted by Crippen LogP contribution is -2.55. The summed E-state index contributed by atoms with van der Waals surface area (Å²) in [6, 6.07) is 0.824. The molecular weight excluding hydrogens is 178 g/mol. The largest absolute Gasteiger partial charge is 0.304 e. The van der Waals surface area contributed by atoms with Gasteiger partial charge < -0.3 is 4.57 Å². The van der Waals surface area contributed by atoms with Crippen LogP contribution < -0.4 is 10.6 Å². The van der Waals surface area contributed by atoms with Gasteiger partial charge in [0.1, 0.15) is 6.29 Å². The predicted octanol–water partition coefficient (Wildman–Crippen LogP) is -0.376. The summed E-state index contributed by atoms with van der Waals surface area (Å²) in [6.07, 6.45) is 7.45. The molecule has 0 aromatic rings. The Kier molecular flexibility index (Phi) is 4.94. The normalized spacial score (nSPS) is 20.3. The first-order valence-electron chi connectivity index (χ1n) is 5.36. The maximum absolute atomic E-state index is 3.30. The third-order valence-corrected chi connectivity index (χ3v) is 4.35. The lowest BCUT2D eigenvalue weighted by Gasteiger charge is -2.37. The van der Waals surface area contributed by atoms with Crippen molar-refractivity contribution in [3.63, 3.8) is 0 Å². The number of hydrogen-bond acceptors (Lipinski definition) is 3. The molecule has 0 bridgehead atoms. The van der Waals surface area contributed by atoms with Gasteiger partial charge in [0.2, 0.25) is 0 Å². The first-order chi connectivity index (χ1) is 6.29. The van der Waals surface area contributed by atoms with Crippen LogP contribution in [0.3, 0.4) is 0 Å². The monoisotopic (exact) mass is 201 g/mol. The van der Waals surface area contributed by atoms with Gasteiger partial charge in [-0.2, -0.15) is 0 Å². The SMILES string of the molecule is CNC(NC)N([SiH3])C1CCCCC1. The van der Waals surface area contributed by atoms with Gasteiger partial charge in [-0.25, -0.2) is 0 Å². The summed E-state index contributed by atoms with van der Waals surface area (Å²) in [7, 11) is 5.19. The van der Waals surface area contributed by atoms with E-state index >= 15 is 0 Å². The fraction of sp³-hybridized carbons (Fsp3) is 1.00. The van der Waals surface area contributed by atoms with E-state index in [1.54, 1.807) is 0 Å². The number of rotatable bonds is 4. The predicted molar refractivity (Wildman–Crippen MR) is 60.6 cm³/mol. The van der Waals surface area contributed by atoms with Crippen LogP contribution in [0.1, 0.15) is 32.1 Å². The van der Waals surface area contributed by atoms with E-state index in [-0.39, 0.29) is 0 Å². The molecule has 0 radical (unpaired) electrons. The molecule has 0 saturated heterocycles. The van der Waals surface area contributed by atoms with Crippen LogP contribution in [0.15, 0.2) is 0 Å². The molecule has 1 aliphatic rings. The Morgan fingerprint density at radius 1 is 1.15 bits per heavy atom. The zero-order valence-corrected chi connectivity index (χ0v) is 11.1. The van der Waals surface area contributed by atoms with Gasteiger partial charge in [0.05, 0.1) is 10.4 Å². The molecule has 0 spiro atoms. The van der Waals surface area contributed by atoms with Crippen molar-refractivity contribution in [2.24, 2.45) is 0 Å². The molecule has 0 amide bonds. The average molecular weight is 201 g/mol. The van der Waals surface area contributed by atoms with Crippen molar-refractivity contribution in [2.45, 2.75) is 44.4 Å². The van der Waals surface area contributed by atoms with Crippen molar-refractivity contribution in [1.29, 1.82) is 0 Å². The van der Waals surface area contributed by atoms with Gasteiger partial charge in [-0.05, 0) is 26.9 Å². The highest BCUT2D eigenvalue weighted by molar-refractivity contribution is 6.04. The fourth-order valence-corrected chi connectivity index (χ4v) is 3.28. The van der Waals surface area contributed by atoms with Gasteiger partial charge in [-0.1, -0.05) is 19.3 Å². The van der Waals surface area contributed by atoms with Gasteiger partial charge in [0.15, 0.2) is 0 Å². The molecule has 0 unspecified atom stereocenters. The quantitative estimate of drug-likeness (QED) is 0.480. The van der Waals surface area contributed by atoms with Crippen LogP contribution in [-0.4, -0.2) is 41.4 Å². The van der Waals surface area contributed by atoms with Gasteiger partial charge >= 0.3 is 0 Å². The highest BCUT2D eigenvalue weighted by Crippen LogP contribution is 2.21. The molecule has 0 aromatic carbocycles. The van der Waals surface area contributed by atoms with Gasteiger partial charge in [0.25, 0.3) is 0 Å². The molecule has 78 valence electrons. The molecular formula is C9H23N3Si. The highest BCUT2D eigenvalue weighted by atomic mass is 28.2. The second kappa shape index (κ2) is 5.75. The van der Waals surface area contributed by atoms with Crippen molar-refractivity contribution < 1.29 is 0 Å². The fourth-order valence-electron chi connectivity index (χ4n) is 2.25. The molecule has 3 nitrogen and oxygen atoms in total. The second-order valence-corrected chi connectivity index (χ2v) is 4.97. The van der Waals surface area contributed by atoms with E-state index in [1.165, 1.54) is 32.1 Å². The first-order valence-corrected chi connectivity index (χ1v) is 6.25. The summed E-state index contributed by atoms with van der Waals surface area (Å²) in [5, 5.41) is 6.60. The van der Waals surface area contributed by atoms with Crippen LogP contribution in [0, 0.1) is 0 Å². The zero-order chi connectivity index (χ0) is 9.68. The van der Waals surface area contributed by atoms with Gasteiger partial charge in [0, 0.05) is 6.04 Å². The Hall–Kier alpha value is 0.0969. The summed E-state index contributed by atoms with van der Waals surface area (Å²) in [5.41, 5.74) is 0. The molecule has 0 atom stereocenters. The van der Waals surface area contributed by atoms with Crippen LogP contribution in [0.25, 0.3) is 0 Å². The minimum absolute atomic E-state index is 0.384. The van der Waals surface area contributed by atoms with Gasteiger partial charge in [-0.3, -0.25) is 10.6 Å². The molecule has 1 aliphatic carbocycles. The smallest absolute Gasteiger partial charge is 0.107 e. The van der Waals surface area contributed by atoms with Crippen molar-refractivity contribution in [3.05, 3.63) is 0 Å². The molecule has 1 rings (SSSR count). The summed E-state index contributed by atoms with van der Waals surface area (Å²) in [4.78, 5) is 0. The summed E-state index contributed by atoms with van der Waals surface area (Å²) < 4.78 is 2.55. The summed E-state index contributed by atoms with van der Waals surface area (Å²) in [5.74, 6) is 0. The Balaban J connectivity index is 2.38. The Labute approximate surface area is 84.8 Å². The third-order valence-electron chi connectivity index (χ3n) is 3.10. The van der Waals surface area contributed by atoms with E-state index in [0.29, 0.717) is 6.29 Å². The van der Waals surface area contributed by atoms with Crippen molar-refractivity contribution in [3.8, 4) is 0 Å². The molecule has 0 heterocycles. The van der Waals surface area contributed by atoms with E-state index in [0.717, 1.165) is 16.4 Å².